The van der Waals surface area contributed by atoms with Crippen molar-refractivity contribution in [2.24, 2.45) is 5.41 Å². The van der Waals surface area contributed by atoms with Crippen LogP contribution in [0.3, 0.4) is 0 Å². The Morgan fingerprint density at radius 1 is 1.75 bits per heavy atom. The summed E-state index contributed by atoms with van der Waals surface area (Å²) in [6.07, 6.45) is 4.35. The Kier molecular flexibility index (Phi) is 2.46. The number of allylic oxidation sites excluding steroid dienone is 1. The van der Waals surface area contributed by atoms with Crippen molar-refractivity contribution < 1.29 is 4.79 Å². The molecule has 0 rings (SSSR count). The second kappa shape index (κ2) is 2.65. The summed E-state index contributed by atoms with van der Waals surface area (Å²) in [5.41, 5.74) is -0.332. The van der Waals surface area contributed by atoms with Gasteiger partial charge in [-0.15, -0.1) is 6.58 Å². The highest BCUT2D eigenvalue weighted by Gasteiger charge is 2.14. The molecule has 0 unspecified atom stereocenters. The van der Waals surface area contributed by atoms with E-state index in [9.17, 15) is 4.79 Å². The van der Waals surface area contributed by atoms with Gasteiger partial charge in [0.15, 0.2) is 0 Å². The minimum atomic E-state index is -0.332. The summed E-state index contributed by atoms with van der Waals surface area (Å²) in [6.45, 7) is 7.18. The van der Waals surface area contributed by atoms with Gasteiger partial charge in [-0.25, -0.2) is 0 Å². The maximum atomic E-state index is 10.0. The molecule has 0 saturated heterocycles. The van der Waals surface area contributed by atoms with E-state index >= 15 is 0 Å². The fourth-order valence-electron chi connectivity index (χ4n) is 0.403. The molecule has 0 aromatic rings. The van der Waals surface area contributed by atoms with Crippen molar-refractivity contribution in [3.05, 3.63) is 12.7 Å². The normalized spacial score (nSPS) is 10.8. The van der Waals surface area contributed by atoms with Crippen molar-refractivity contribution >= 4 is 6.29 Å². The molecule has 1 heteroatoms. The molecule has 1 radical (unpaired) electrons. The van der Waals surface area contributed by atoms with Crippen molar-refractivity contribution in [2.75, 3.05) is 0 Å². The lowest BCUT2D eigenvalue weighted by atomic mass is 9.92. The van der Waals surface area contributed by atoms with Crippen molar-refractivity contribution in [2.45, 2.75) is 20.3 Å². The predicted octanol–water partition coefficient (Wildman–Crippen LogP) is 1.70. The molecule has 0 fully saturated rings. The average Bonchev–Trinajstić information content (AvgIpc) is 1.67. The Labute approximate surface area is 50.4 Å². The largest absolute Gasteiger partial charge is 0.290 e. The molecular weight excluding hydrogens is 100 g/mol. The van der Waals surface area contributed by atoms with E-state index in [1.54, 1.807) is 6.08 Å². The van der Waals surface area contributed by atoms with E-state index in [2.05, 4.69) is 6.58 Å². The fourth-order valence-corrected chi connectivity index (χ4v) is 0.403. The van der Waals surface area contributed by atoms with Gasteiger partial charge < -0.3 is 0 Å². The first kappa shape index (κ1) is 7.41. The molecule has 0 aliphatic carbocycles. The topological polar surface area (TPSA) is 17.1 Å². The van der Waals surface area contributed by atoms with Crippen LogP contribution in [-0.4, -0.2) is 6.29 Å². The van der Waals surface area contributed by atoms with Crippen LogP contribution in [0.1, 0.15) is 20.3 Å². The molecule has 0 aromatic heterocycles. The zero-order valence-electron chi connectivity index (χ0n) is 5.40. The molecular formula is C7H11O. The van der Waals surface area contributed by atoms with E-state index in [0.29, 0.717) is 6.42 Å². The van der Waals surface area contributed by atoms with E-state index in [4.69, 9.17) is 0 Å². The monoisotopic (exact) mass is 111 g/mol. The average molecular weight is 111 g/mol. The second-order valence-corrected chi connectivity index (χ2v) is 2.48. The van der Waals surface area contributed by atoms with E-state index < -0.39 is 0 Å². The number of hydrogen-bond acceptors (Lipinski definition) is 1. The summed E-state index contributed by atoms with van der Waals surface area (Å²) in [5.74, 6) is 0. The summed E-state index contributed by atoms with van der Waals surface area (Å²) >= 11 is 0. The van der Waals surface area contributed by atoms with E-state index in [1.165, 1.54) is 0 Å². The number of rotatable bonds is 3. The summed E-state index contributed by atoms with van der Waals surface area (Å²) in [4.78, 5) is 10.0. The number of hydrogen-bond donors (Lipinski definition) is 0. The summed E-state index contributed by atoms with van der Waals surface area (Å²) < 4.78 is 0. The third-order valence-electron chi connectivity index (χ3n) is 0.931. The zero-order valence-corrected chi connectivity index (χ0v) is 5.40. The van der Waals surface area contributed by atoms with Crippen LogP contribution < -0.4 is 0 Å². The molecule has 8 heavy (non-hydrogen) atoms. The molecule has 0 saturated carbocycles. The van der Waals surface area contributed by atoms with Gasteiger partial charge in [-0.1, -0.05) is 19.9 Å². The Hall–Kier alpha value is -0.590. The Balaban J connectivity index is 3.70. The van der Waals surface area contributed by atoms with Crippen LogP contribution >= 0.6 is 0 Å². The molecule has 0 N–H and O–H groups in total. The molecule has 0 aliphatic heterocycles. The fraction of sp³-hybridized carbons (Fsp3) is 0.571. The third-order valence-corrected chi connectivity index (χ3v) is 0.931. The quantitative estimate of drug-likeness (QED) is 0.506. The molecule has 0 spiro atoms. The molecule has 0 aliphatic rings. The minimum Gasteiger partial charge on any atom is -0.290 e. The van der Waals surface area contributed by atoms with E-state index in [1.807, 2.05) is 20.1 Å². The lowest BCUT2D eigenvalue weighted by Crippen LogP contribution is -2.10. The zero-order chi connectivity index (χ0) is 6.62. The Morgan fingerprint density at radius 2 is 2.25 bits per heavy atom. The van der Waals surface area contributed by atoms with Crippen LogP contribution in [0.2, 0.25) is 0 Å². The first-order chi connectivity index (χ1) is 3.62. The Bertz CT molecular complexity index is 92.6. The molecule has 0 aromatic carbocycles. The second-order valence-electron chi connectivity index (χ2n) is 2.48. The molecule has 0 bridgehead atoms. The van der Waals surface area contributed by atoms with Gasteiger partial charge >= 0.3 is 0 Å². The van der Waals surface area contributed by atoms with Crippen LogP contribution in [0.25, 0.3) is 0 Å². The van der Waals surface area contributed by atoms with Gasteiger partial charge in [-0.2, -0.15) is 0 Å². The lowest BCUT2D eigenvalue weighted by molar-refractivity contribution is 0.454. The number of carbonyl (C=O) groups excluding carboxylic acids is 1. The van der Waals surface area contributed by atoms with Crippen LogP contribution in [-0.2, 0) is 4.79 Å². The van der Waals surface area contributed by atoms with E-state index in [-0.39, 0.29) is 5.41 Å². The van der Waals surface area contributed by atoms with Gasteiger partial charge in [0, 0.05) is 5.41 Å². The predicted molar refractivity (Wildman–Crippen MR) is 34.3 cm³/mol. The lowest BCUT2D eigenvalue weighted by Gasteiger charge is -2.10. The first-order valence-electron chi connectivity index (χ1n) is 2.62. The van der Waals surface area contributed by atoms with Crippen LogP contribution in [0, 0.1) is 5.41 Å². The smallest absolute Gasteiger partial charge is 0.204 e. The SMILES string of the molecule is C=CCC(C)(C)[C]=O. The van der Waals surface area contributed by atoms with Crippen molar-refractivity contribution in [3.63, 3.8) is 0 Å². The van der Waals surface area contributed by atoms with Crippen molar-refractivity contribution in [1.29, 1.82) is 0 Å². The summed E-state index contributed by atoms with van der Waals surface area (Å²) in [5, 5.41) is 0. The van der Waals surface area contributed by atoms with Crippen molar-refractivity contribution in [3.8, 4) is 0 Å². The summed E-state index contributed by atoms with van der Waals surface area (Å²) in [7, 11) is 0. The van der Waals surface area contributed by atoms with Gasteiger partial charge in [-0.3, -0.25) is 4.79 Å². The van der Waals surface area contributed by atoms with Gasteiger partial charge in [0.2, 0.25) is 6.29 Å². The minimum absolute atomic E-state index is 0.332. The van der Waals surface area contributed by atoms with Crippen LogP contribution in [0.4, 0.5) is 0 Å². The highest BCUT2D eigenvalue weighted by atomic mass is 16.1. The highest BCUT2D eigenvalue weighted by molar-refractivity contribution is 5.59. The van der Waals surface area contributed by atoms with Gasteiger partial charge in [0.1, 0.15) is 0 Å². The highest BCUT2D eigenvalue weighted by Crippen LogP contribution is 2.15. The molecule has 0 heterocycles. The molecule has 45 valence electrons. The maximum Gasteiger partial charge on any atom is 0.204 e. The molecule has 0 atom stereocenters. The molecule has 0 amide bonds. The van der Waals surface area contributed by atoms with Crippen molar-refractivity contribution in [1.82, 2.24) is 0 Å². The summed E-state index contributed by atoms with van der Waals surface area (Å²) in [6, 6.07) is 0. The molecule has 1 nitrogen and oxygen atoms in total. The third kappa shape index (κ3) is 2.56. The Morgan fingerprint density at radius 3 is 2.38 bits per heavy atom. The van der Waals surface area contributed by atoms with Gasteiger partial charge in [-0.05, 0) is 6.42 Å². The van der Waals surface area contributed by atoms with Gasteiger partial charge in [0.05, 0.1) is 0 Å². The standard InChI is InChI=1S/C7H11O/c1-4-5-7(2,3)6-8/h4H,1,5H2,2-3H3. The first-order valence-corrected chi connectivity index (χ1v) is 2.62. The van der Waals surface area contributed by atoms with Crippen LogP contribution in [0.5, 0.6) is 0 Å². The maximum absolute atomic E-state index is 10.0. The van der Waals surface area contributed by atoms with Gasteiger partial charge in [0.25, 0.3) is 0 Å². The van der Waals surface area contributed by atoms with Crippen LogP contribution in [0.15, 0.2) is 12.7 Å². The van der Waals surface area contributed by atoms with E-state index in [0.717, 1.165) is 0 Å².